The smallest absolute Gasteiger partial charge is 0.387 e. The Kier molecular flexibility index (Phi) is 8.08. The fraction of sp³-hybridized carbons (Fsp3) is 0.300. The quantitative estimate of drug-likeness (QED) is 0.294. The number of hydrogen-bond acceptors (Lipinski definition) is 5. The van der Waals surface area contributed by atoms with Crippen molar-refractivity contribution in [3.63, 3.8) is 0 Å². The van der Waals surface area contributed by atoms with E-state index in [0.717, 1.165) is 11.3 Å². The monoisotopic (exact) mass is 551 g/mol. The SMILES string of the molecule is CCC(C)(C)c1ccc(Oc2ccc(NC(=O)CN3C(=O)NC(C)(c4ccc(OC(F)F)cc4)C3=O)cc2)cc1. The van der Waals surface area contributed by atoms with Crippen molar-refractivity contribution in [1.29, 1.82) is 0 Å². The molecule has 0 aromatic heterocycles. The largest absolute Gasteiger partial charge is 0.457 e. The minimum Gasteiger partial charge on any atom is -0.457 e. The molecule has 10 heteroatoms. The fourth-order valence-electron chi connectivity index (χ4n) is 4.27. The molecule has 1 aliphatic heterocycles. The van der Waals surface area contributed by atoms with Gasteiger partial charge in [0, 0.05) is 5.69 Å². The summed E-state index contributed by atoms with van der Waals surface area (Å²) in [5, 5.41) is 5.24. The Hall–Kier alpha value is -4.47. The van der Waals surface area contributed by atoms with Gasteiger partial charge in [-0.25, -0.2) is 4.79 Å². The van der Waals surface area contributed by atoms with Crippen molar-refractivity contribution in [1.82, 2.24) is 10.2 Å². The maximum absolute atomic E-state index is 13.1. The summed E-state index contributed by atoms with van der Waals surface area (Å²) >= 11 is 0. The highest BCUT2D eigenvalue weighted by molar-refractivity contribution is 6.10. The van der Waals surface area contributed by atoms with Crippen LogP contribution in [0.3, 0.4) is 0 Å². The standard InChI is InChI=1S/C30H31F2N3O5/c1-5-29(2,3)19-6-12-22(13-7-19)39-23-16-10-21(11-17-23)33-25(36)18-35-26(37)30(4,34-28(35)38)20-8-14-24(15-9-20)40-27(31)32/h6-17,27H,5,18H2,1-4H3,(H,33,36)(H,34,38). The van der Waals surface area contributed by atoms with Gasteiger partial charge in [0.05, 0.1) is 0 Å². The van der Waals surface area contributed by atoms with Crippen molar-refractivity contribution < 1.29 is 32.6 Å². The summed E-state index contributed by atoms with van der Waals surface area (Å²) in [4.78, 5) is 39.1. The Morgan fingerprint density at radius 2 is 1.50 bits per heavy atom. The number of urea groups is 1. The highest BCUT2D eigenvalue weighted by atomic mass is 19.3. The van der Waals surface area contributed by atoms with Crippen molar-refractivity contribution in [2.75, 3.05) is 11.9 Å². The summed E-state index contributed by atoms with van der Waals surface area (Å²) in [6.45, 7) is 4.52. The average Bonchev–Trinajstić information content (AvgIpc) is 3.13. The van der Waals surface area contributed by atoms with Gasteiger partial charge in [-0.05, 0) is 78.4 Å². The van der Waals surface area contributed by atoms with Gasteiger partial charge in [0.2, 0.25) is 5.91 Å². The number of carbonyl (C=O) groups excluding carboxylic acids is 3. The number of carbonyl (C=O) groups is 3. The van der Waals surface area contributed by atoms with E-state index in [1.165, 1.54) is 36.8 Å². The van der Waals surface area contributed by atoms with Gasteiger partial charge in [-0.2, -0.15) is 8.78 Å². The van der Waals surface area contributed by atoms with Crippen LogP contribution in [0.2, 0.25) is 0 Å². The average molecular weight is 552 g/mol. The Balaban J connectivity index is 1.35. The molecule has 1 unspecified atom stereocenters. The molecule has 1 saturated heterocycles. The van der Waals surface area contributed by atoms with Gasteiger partial charge in [-0.1, -0.05) is 45.0 Å². The van der Waals surface area contributed by atoms with Crippen molar-refractivity contribution in [2.24, 2.45) is 0 Å². The molecule has 1 heterocycles. The van der Waals surface area contributed by atoms with Crippen LogP contribution in [0.4, 0.5) is 19.3 Å². The molecule has 0 bridgehead atoms. The number of imide groups is 1. The maximum Gasteiger partial charge on any atom is 0.387 e. The van der Waals surface area contributed by atoms with Gasteiger partial charge in [-0.3, -0.25) is 14.5 Å². The van der Waals surface area contributed by atoms with E-state index < -0.39 is 36.5 Å². The summed E-state index contributed by atoms with van der Waals surface area (Å²) in [6, 6.07) is 19.3. The number of anilines is 1. The number of halogens is 2. The highest BCUT2D eigenvalue weighted by Crippen LogP contribution is 2.31. The molecule has 0 aliphatic carbocycles. The molecule has 1 fully saturated rings. The van der Waals surface area contributed by atoms with Crippen LogP contribution in [0, 0.1) is 0 Å². The van der Waals surface area contributed by atoms with Gasteiger partial charge < -0.3 is 20.1 Å². The first-order valence-electron chi connectivity index (χ1n) is 12.8. The topological polar surface area (TPSA) is 97.0 Å². The fourth-order valence-corrected chi connectivity index (χ4v) is 4.27. The first kappa shape index (κ1) is 28.5. The van der Waals surface area contributed by atoms with Crippen molar-refractivity contribution in [2.45, 2.75) is 51.7 Å². The summed E-state index contributed by atoms with van der Waals surface area (Å²) in [5.74, 6) is -0.0373. The summed E-state index contributed by atoms with van der Waals surface area (Å²) in [6.07, 6.45) is 1.02. The molecule has 210 valence electrons. The molecule has 3 aromatic carbocycles. The van der Waals surface area contributed by atoms with E-state index in [4.69, 9.17) is 4.74 Å². The second-order valence-electron chi connectivity index (χ2n) is 10.3. The normalized spacial score (nSPS) is 17.1. The van der Waals surface area contributed by atoms with Gasteiger partial charge in [-0.15, -0.1) is 0 Å². The molecule has 4 rings (SSSR count). The molecule has 2 N–H and O–H groups in total. The van der Waals surface area contributed by atoms with Gasteiger partial charge in [0.25, 0.3) is 5.91 Å². The van der Waals surface area contributed by atoms with E-state index in [1.54, 1.807) is 24.3 Å². The lowest BCUT2D eigenvalue weighted by atomic mass is 9.82. The maximum atomic E-state index is 13.1. The van der Waals surface area contributed by atoms with E-state index in [9.17, 15) is 23.2 Å². The number of benzene rings is 3. The van der Waals surface area contributed by atoms with E-state index in [1.807, 2.05) is 24.3 Å². The lowest BCUT2D eigenvalue weighted by Gasteiger charge is -2.23. The van der Waals surface area contributed by atoms with Crippen LogP contribution in [0.15, 0.2) is 72.8 Å². The minimum absolute atomic E-state index is 0.0801. The molecule has 8 nitrogen and oxygen atoms in total. The van der Waals surface area contributed by atoms with Crippen molar-refractivity contribution in [3.8, 4) is 17.2 Å². The second-order valence-corrected chi connectivity index (χ2v) is 10.3. The second kappa shape index (κ2) is 11.3. The predicted molar refractivity (Wildman–Crippen MR) is 146 cm³/mol. The van der Waals surface area contributed by atoms with Crippen LogP contribution in [0.5, 0.6) is 17.2 Å². The number of alkyl halides is 2. The third-order valence-corrected chi connectivity index (χ3v) is 7.13. The van der Waals surface area contributed by atoms with Crippen LogP contribution >= 0.6 is 0 Å². The number of ether oxygens (including phenoxy) is 2. The zero-order valence-electron chi connectivity index (χ0n) is 22.7. The Morgan fingerprint density at radius 1 is 0.950 bits per heavy atom. The summed E-state index contributed by atoms with van der Waals surface area (Å²) in [7, 11) is 0. The van der Waals surface area contributed by atoms with Crippen LogP contribution in [-0.2, 0) is 20.5 Å². The van der Waals surface area contributed by atoms with Crippen LogP contribution in [0.25, 0.3) is 0 Å². The molecule has 0 saturated carbocycles. The van der Waals surface area contributed by atoms with Crippen LogP contribution < -0.4 is 20.1 Å². The Labute approximate surface area is 231 Å². The highest BCUT2D eigenvalue weighted by Gasteiger charge is 2.49. The molecule has 0 radical (unpaired) electrons. The Bertz CT molecular complexity index is 1380. The van der Waals surface area contributed by atoms with Gasteiger partial charge in [0.15, 0.2) is 0 Å². The third kappa shape index (κ3) is 6.22. The molecule has 4 amide bonds. The number of rotatable bonds is 10. The molecule has 3 aromatic rings. The molecule has 1 atom stereocenters. The zero-order chi connectivity index (χ0) is 29.1. The summed E-state index contributed by atoms with van der Waals surface area (Å²) < 4.78 is 35.1. The summed E-state index contributed by atoms with van der Waals surface area (Å²) in [5.41, 5.74) is 0.653. The van der Waals surface area contributed by atoms with E-state index in [-0.39, 0.29) is 11.2 Å². The van der Waals surface area contributed by atoms with E-state index in [2.05, 4.69) is 36.1 Å². The zero-order valence-corrected chi connectivity index (χ0v) is 22.7. The number of amides is 4. The molecule has 40 heavy (non-hydrogen) atoms. The number of nitrogens with one attached hydrogen (secondary N) is 2. The van der Waals surface area contributed by atoms with Gasteiger partial charge in [0.1, 0.15) is 29.3 Å². The van der Waals surface area contributed by atoms with Crippen LogP contribution in [0.1, 0.15) is 45.2 Å². The van der Waals surface area contributed by atoms with Crippen molar-refractivity contribution in [3.05, 3.63) is 83.9 Å². The van der Waals surface area contributed by atoms with Crippen LogP contribution in [-0.4, -0.2) is 35.9 Å². The molecular formula is C30H31F2N3O5. The molecule has 0 spiro atoms. The van der Waals surface area contributed by atoms with Crippen molar-refractivity contribution >= 4 is 23.5 Å². The minimum atomic E-state index is -2.98. The number of hydrogen-bond donors (Lipinski definition) is 2. The van der Waals surface area contributed by atoms with E-state index in [0.29, 0.717) is 22.7 Å². The van der Waals surface area contributed by atoms with E-state index >= 15 is 0 Å². The molecular weight excluding hydrogens is 520 g/mol. The third-order valence-electron chi connectivity index (χ3n) is 7.13. The number of nitrogens with zero attached hydrogens (tertiary/aromatic N) is 1. The Morgan fingerprint density at radius 3 is 2.05 bits per heavy atom. The first-order chi connectivity index (χ1) is 18.9. The lowest BCUT2D eigenvalue weighted by molar-refractivity contribution is -0.133. The first-order valence-corrected chi connectivity index (χ1v) is 12.8. The lowest BCUT2D eigenvalue weighted by Crippen LogP contribution is -2.42. The molecule has 1 aliphatic rings. The van der Waals surface area contributed by atoms with Gasteiger partial charge >= 0.3 is 12.6 Å². The predicted octanol–water partition coefficient (Wildman–Crippen LogP) is 6.17.